The predicted octanol–water partition coefficient (Wildman–Crippen LogP) is 2.76. The van der Waals surface area contributed by atoms with Crippen LogP contribution in [0.5, 0.6) is 0 Å². The second kappa shape index (κ2) is 8.64. The van der Waals surface area contributed by atoms with E-state index in [-0.39, 0.29) is 21.8 Å². The van der Waals surface area contributed by atoms with Gasteiger partial charge in [0, 0.05) is 18.8 Å². The zero-order valence-electron chi connectivity index (χ0n) is 17.8. The van der Waals surface area contributed by atoms with Crippen molar-refractivity contribution >= 4 is 37.1 Å². The normalized spacial score (nSPS) is 15.1. The number of anilines is 3. The Bertz CT molecular complexity index is 1210. The van der Waals surface area contributed by atoms with Gasteiger partial charge in [-0.3, -0.25) is 9.44 Å². The third-order valence-electron chi connectivity index (χ3n) is 4.97. The van der Waals surface area contributed by atoms with E-state index in [1.807, 2.05) is 4.90 Å². The van der Waals surface area contributed by atoms with Crippen LogP contribution in [-0.4, -0.2) is 49.4 Å². The molecule has 31 heavy (non-hydrogen) atoms. The highest BCUT2D eigenvalue weighted by Crippen LogP contribution is 2.33. The van der Waals surface area contributed by atoms with Crippen molar-refractivity contribution in [2.75, 3.05) is 46.9 Å². The van der Waals surface area contributed by atoms with Gasteiger partial charge < -0.3 is 9.64 Å². The van der Waals surface area contributed by atoms with Crippen LogP contribution >= 0.6 is 0 Å². The molecule has 0 amide bonds. The number of sulfonamides is 2. The summed E-state index contributed by atoms with van der Waals surface area (Å²) >= 11 is 0. The quantitative estimate of drug-likeness (QED) is 0.671. The highest BCUT2D eigenvalue weighted by atomic mass is 32.2. The average molecular weight is 472 g/mol. The number of morpholine rings is 1. The van der Waals surface area contributed by atoms with Gasteiger partial charge in [-0.05, 0) is 55.7 Å². The van der Waals surface area contributed by atoms with Crippen LogP contribution in [0.25, 0.3) is 0 Å². The van der Waals surface area contributed by atoms with Crippen LogP contribution in [-0.2, 0) is 24.8 Å². The number of benzene rings is 2. The summed E-state index contributed by atoms with van der Waals surface area (Å²) in [4.78, 5) is 1.86. The van der Waals surface area contributed by atoms with Crippen LogP contribution in [0.15, 0.2) is 29.2 Å². The minimum atomic E-state index is -4.13. The molecular weight excluding hydrogens is 445 g/mol. The van der Waals surface area contributed by atoms with Gasteiger partial charge in [-0.15, -0.1) is 0 Å². The minimum absolute atomic E-state index is 0.0542. The smallest absolute Gasteiger partial charge is 0.262 e. The summed E-state index contributed by atoms with van der Waals surface area (Å²) in [6.07, 6.45) is 0.998. The highest BCUT2D eigenvalue weighted by molar-refractivity contribution is 7.93. The van der Waals surface area contributed by atoms with Gasteiger partial charge in [-0.2, -0.15) is 0 Å². The molecule has 170 valence electrons. The number of hydrogen-bond donors (Lipinski definition) is 2. The summed E-state index contributed by atoms with van der Waals surface area (Å²) in [7, 11) is -7.74. The number of rotatable bonds is 6. The molecule has 0 aliphatic carbocycles. The van der Waals surface area contributed by atoms with E-state index in [9.17, 15) is 21.2 Å². The summed E-state index contributed by atoms with van der Waals surface area (Å²) in [6.45, 7) is 7.03. The first kappa shape index (κ1) is 23.3. The van der Waals surface area contributed by atoms with Gasteiger partial charge in [-0.1, -0.05) is 6.07 Å². The molecule has 1 aliphatic heterocycles. The summed E-state index contributed by atoms with van der Waals surface area (Å²) in [5.74, 6) is -0.571. The van der Waals surface area contributed by atoms with Crippen molar-refractivity contribution in [3.8, 4) is 0 Å². The molecule has 0 spiro atoms. The van der Waals surface area contributed by atoms with Crippen molar-refractivity contribution in [2.24, 2.45) is 0 Å². The molecule has 0 saturated carbocycles. The van der Waals surface area contributed by atoms with Crippen molar-refractivity contribution in [1.29, 1.82) is 0 Å². The Balaban J connectivity index is 2.01. The first-order valence-corrected chi connectivity index (χ1v) is 13.0. The fourth-order valence-corrected chi connectivity index (χ4v) is 5.97. The average Bonchev–Trinajstić information content (AvgIpc) is 2.64. The van der Waals surface area contributed by atoms with E-state index in [4.69, 9.17) is 4.74 Å². The van der Waals surface area contributed by atoms with Gasteiger partial charge in [0.05, 0.1) is 35.7 Å². The number of halogens is 1. The van der Waals surface area contributed by atoms with Crippen LogP contribution in [0.1, 0.15) is 16.7 Å². The molecule has 1 fully saturated rings. The second-order valence-corrected chi connectivity index (χ2v) is 11.0. The maximum Gasteiger partial charge on any atom is 0.262 e. The summed E-state index contributed by atoms with van der Waals surface area (Å²) in [5.41, 5.74) is 2.16. The molecule has 0 radical (unpaired) electrons. The number of hydrogen-bond acceptors (Lipinski definition) is 6. The molecular formula is C20H26FN3O5S2. The first-order chi connectivity index (χ1) is 14.4. The van der Waals surface area contributed by atoms with Gasteiger partial charge >= 0.3 is 0 Å². The Morgan fingerprint density at radius 2 is 1.58 bits per heavy atom. The molecule has 11 heteroatoms. The summed E-state index contributed by atoms with van der Waals surface area (Å²) in [5, 5.41) is 0. The van der Waals surface area contributed by atoms with Crippen molar-refractivity contribution in [3.05, 3.63) is 46.8 Å². The van der Waals surface area contributed by atoms with Gasteiger partial charge in [-0.25, -0.2) is 21.2 Å². The number of nitrogens with one attached hydrogen (secondary N) is 2. The molecule has 8 nitrogen and oxygen atoms in total. The Morgan fingerprint density at radius 3 is 2.19 bits per heavy atom. The van der Waals surface area contributed by atoms with E-state index in [1.165, 1.54) is 13.0 Å². The van der Waals surface area contributed by atoms with Crippen molar-refractivity contribution < 1.29 is 26.0 Å². The maximum atomic E-state index is 14.3. The zero-order chi connectivity index (χ0) is 23.0. The van der Waals surface area contributed by atoms with Gasteiger partial charge in [0.25, 0.3) is 10.0 Å². The lowest BCUT2D eigenvalue weighted by molar-refractivity contribution is 0.122. The molecule has 2 aromatic rings. The third-order valence-corrected chi connectivity index (χ3v) is 7.21. The minimum Gasteiger partial charge on any atom is -0.378 e. The molecule has 1 saturated heterocycles. The Hall–Kier alpha value is -2.37. The first-order valence-electron chi connectivity index (χ1n) is 9.62. The lowest BCUT2D eigenvalue weighted by atomic mass is 10.1. The molecule has 0 unspecified atom stereocenters. The Labute approximate surface area is 182 Å². The van der Waals surface area contributed by atoms with E-state index >= 15 is 0 Å². The summed E-state index contributed by atoms with van der Waals surface area (Å²) < 4.78 is 74.3. The molecule has 0 atom stereocenters. The number of nitrogens with zero attached hydrogens (tertiary/aromatic N) is 1. The van der Waals surface area contributed by atoms with E-state index < -0.39 is 25.9 Å². The Morgan fingerprint density at radius 1 is 0.935 bits per heavy atom. The van der Waals surface area contributed by atoms with Crippen LogP contribution in [0.3, 0.4) is 0 Å². The molecule has 2 N–H and O–H groups in total. The van der Waals surface area contributed by atoms with Crippen molar-refractivity contribution in [1.82, 2.24) is 0 Å². The fraction of sp³-hybridized carbons (Fsp3) is 0.400. The maximum absolute atomic E-state index is 14.3. The molecule has 2 aromatic carbocycles. The number of aryl methyl sites for hydroxylation is 2. The lowest BCUT2D eigenvalue weighted by Crippen LogP contribution is -2.36. The second-order valence-electron chi connectivity index (χ2n) is 7.62. The topological polar surface area (TPSA) is 105 Å². The number of ether oxygens (including phenoxy) is 1. The van der Waals surface area contributed by atoms with E-state index in [0.717, 1.165) is 12.3 Å². The van der Waals surface area contributed by atoms with Crippen molar-refractivity contribution in [3.63, 3.8) is 0 Å². The van der Waals surface area contributed by atoms with Crippen LogP contribution in [0.2, 0.25) is 0 Å². The molecule has 0 aromatic heterocycles. The van der Waals surface area contributed by atoms with Crippen molar-refractivity contribution in [2.45, 2.75) is 25.7 Å². The largest absolute Gasteiger partial charge is 0.378 e. The monoisotopic (exact) mass is 471 g/mol. The van der Waals surface area contributed by atoms with Crippen LogP contribution in [0.4, 0.5) is 21.5 Å². The van der Waals surface area contributed by atoms with Crippen LogP contribution in [0, 0.1) is 26.6 Å². The Kier molecular flexibility index (Phi) is 6.49. The highest BCUT2D eigenvalue weighted by Gasteiger charge is 2.25. The van der Waals surface area contributed by atoms with E-state index in [2.05, 4.69) is 9.44 Å². The SMILES string of the molecule is Cc1cc(C)c(S(=O)(=O)Nc2cc(F)cc(N3CCOCC3)c2)c(C)c1NS(C)(=O)=O. The molecule has 1 aliphatic rings. The lowest BCUT2D eigenvalue weighted by Gasteiger charge is -2.29. The predicted molar refractivity (Wildman–Crippen MR) is 119 cm³/mol. The van der Waals surface area contributed by atoms with Crippen LogP contribution < -0.4 is 14.3 Å². The molecule has 3 rings (SSSR count). The third kappa shape index (κ3) is 5.46. The summed E-state index contributed by atoms with van der Waals surface area (Å²) in [6, 6.07) is 5.62. The zero-order valence-corrected chi connectivity index (χ0v) is 19.5. The molecule has 1 heterocycles. The standard InChI is InChI=1S/C20H26FN3O5S2/c1-13-9-14(2)20(15(3)19(13)23-30(4,25)26)31(27,28)22-17-10-16(21)11-18(12-17)24-5-7-29-8-6-24/h9-12,22-23H,5-8H2,1-4H3. The molecule has 0 bridgehead atoms. The van der Waals surface area contributed by atoms with Gasteiger partial charge in [0.15, 0.2) is 0 Å². The van der Waals surface area contributed by atoms with E-state index in [1.54, 1.807) is 26.0 Å². The van der Waals surface area contributed by atoms with Gasteiger partial charge in [0.1, 0.15) is 5.82 Å². The van der Waals surface area contributed by atoms with Gasteiger partial charge in [0.2, 0.25) is 10.0 Å². The van der Waals surface area contributed by atoms with E-state index in [0.29, 0.717) is 43.1 Å². The fourth-order valence-electron chi connectivity index (χ4n) is 3.77.